The van der Waals surface area contributed by atoms with Crippen molar-refractivity contribution in [2.75, 3.05) is 27.2 Å². The maximum Gasteiger partial charge on any atom is 0.0248 e. The summed E-state index contributed by atoms with van der Waals surface area (Å²) in [6, 6.07) is 1.66. The Bertz CT molecular complexity index is 205. The van der Waals surface area contributed by atoms with Crippen LogP contribution in [0.3, 0.4) is 0 Å². The van der Waals surface area contributed by atoms with Crippen LogP contribution in [-0.2, 0) is 0 Å². The SMILES string of the molecule is CC1CCC(C2CCCCN2C)N(C)C1. The van der Waals surface area contributed by atoms with E-state index in [1.54, 1.807) is 0 Å². The Morgan fingerprint density at radius 2 is 1.60 bits per heavy atom. The highest BCUT2D eigenvalue weighted by molar-refractivity contribution is 4.90. The van der Waals surface area contributed by atoms with Crippen LogP contribution in [0.2, 0.25) is 0 Å². The molecule has 3 unspecified atom stereocenters. The predicted octanol–water partition coefficient (Wildman–Crippen LogP) is 2.20. The van der Waals surface area contributed by atoms with Gasteiger partial charge in [-0.2, -0.15) is 0 Å². The maximum absolute atomic E-state index is 2.61. The Morgan fingerprint density at radius 1 is 0.867 bits per heavy atom. The van der Waals surface area contributed by atoms with Crippen molar-refractivity contribution >= 4 is 0 Å². The molecule has 2 nitrogen and oxygen atoms in total. The summed E-state index contributed by atoms with van der Waals surface area (Å²) in [4.78, 5) is 5.21. The summed E-state index contributed by atoms with van der Waals surface area (Å²) in [6.07, 6.45) is 7.10. The summed E-state index contributed by atoms with van der Waals surface area (Å²) >= 11 is 0. The van der Waals surface area contributed by atoms with Gasteiger partial charge in [-0.05, 0) is 52.2 Å². The van der Waals surface area contributed by atoms with E-state index in [9.17, 15) is 0 Å². The van der Waals surface area contributed by atoms with Crippen molar-refractivity contribution in [3.05, 3.63) is 0 Å². The van der Waals surface area contributed by atoms with Crippen molar-refractivity contribution in [2.24, 2.45) is 5.92 Å². The van der Waals surface area contributed by atoms with Crippen molar-refractivity contribution in [2.45, 2.75) is 51.1 Å². The number of piperidine rings is 2. The number of likely N-dealkylation sites (tertiary alicyclic amines) is 2. The van der Waals surface area contributed by atoms with E-state index in [0.29, 0.717) is 0 Å². The summed E-state index contributed by atoms with van der Waals surface area (Å²) in [6.45, 7) is 5.00. The first-order chi connectivity index (χ1) is 7.18. The summed E-state index contributed by atoms with van der Waals surface area (Å²) in [5.41, 5.74) is 0. The number of hydrogen-bond acceptors (Lipinski definition) is 2. The minimum Gasteiger partial charge on any atom is -0.302 e. The van der Waals surface area contributed by atoms with Gasteiger partial charge in [0.25, 0.3) is 0 Å². The Balaban J connectivity index is 1.96. The molecule has 2 fully saturated rings. The van der Waals surface area contributed by atoms with Crippen LogP contribution in [0.25, 0.3) is 0 Å². The fraction of sp³-hybridized carbons (Fsp3) is 1.00. The van der Waals surface area contributed by atoms with Crippen LogP contribution < -0.4 is 0 Å². The molecule has 0 bridgehead atoms. The molecule has 0 amide bonds. The third-order valence-electron chi connectivity index (χ3n) is 4.39. The average Bonchev–Trinajstić information content (AvgIpc) is 2.20. The highest BCUT2D eigenvalue weighted by Crippen LogP contribution is 2.28. The molecule has 2 heteroatoms. The van der Waals surface area contributed by atoms with Crippen LogP contribution in [0.15, 0.2) is 0 Å². The number of hydrogen-bond donors (Lipinski definition) is 0. The minimum atomic E-state index is 0.825. The van der Waals surface area contributed by atoms with Crippen LogP contribution in [0.1, 0.15) is 39.0 Å². The quantitative estimate of drug-likeness (QED) is 0.654. The van der Waals surface area contributed by atoms with E-state index >= 15 is 0 Å². The Kier molecular flexibility index (Phi) is 3.68. The van der Waals surface area contributed by atoms with Crippen LogP contribution in [0.4, 0.5) is 0 Å². The fourth-order valence-electron chi connectivity index (χ4n) is 3.47. The van der Waals surface area contributed by atoms with Gasteiger partial charge >= 0.3 is 0 Å². The van der Waals surface area contributed by atoms with Gasteiger partial charge in [0.15, 0.2) is 0 Å². The third-order valence-corrected chi connectivity index (χ3v) is 4.39. The number of likely N-dealkylation sites (N-methyl/N-ethyl adjacent to an activating group) is 2. The van der Waals surface area contributed by atoms with Crippen molar-refractivity contribution in [3.63, 3.8) is 0 Å². The molecule has 2 saturated heterocycles. The van der Waals surface area contributed by atoms with E-state index in [1.807, 2.05) is 0 Å². The number of nitrogens with zero attached hydrogens (tertiary/aromatic N) is 2. The van der Waals surface area contributed by atoms with Gasteiger partial charge < -0.3 is 9.80 Å². The van der Waals surface area contributed by atoms with Gasteiger partial charge in [0.1, 0.15) is 0 Å². The Hall–Kier alpha value is -0.0800. The lowest BCUT2D eigenvalue weighted by Crippen LogP contribution is -2.54. The Labute approximate surface area is 94.6 Å². The van der Waals surface area contributed by atoms with E-state index in [2.05, 4.69) is 30.8 Å². The van der Waals surface area contributed by atoms with Crippen molar-refractivity contribution in [1.29, 1.82) is 0 Å². The second-order valence-electron chi connectivity index (χ2n) is 5.73. The molecule has 88 valence electrons. The second-order valence-corrected chi connectivity index (χ2v) is 5.73. The molecule has 0 aromatic heterocycles. The van der Waals surface area contributed by atoms with E-state index in [-0.39, 0.29) is 0 Å². The molecule has 0 radical (unpaired) electrons. The zero-order chi connectivity index (χ0) is 10.8. The molecule has 2 aliphatic rings. The maximum atomic E-state index is 2.61. The normalized spacial score (nSPS) is 40.6. The Morgan fingerprint density at radius 3 is 2.27 bits per heavy atom. The molecule has 3 atom stereocenters. The molecule has 0 saturated carbocycles. The zero-order valence-corrected chi connectivity index (χ0v) is 10.6. The predicted molar refractivity (Wildman–Crippen MR) is 65.1 cm³/mol. The van der Waals surface area contributed by atoms with Gasteiger partial charge in [0.05, 0.1) is 0 Å². The van der Waals surface area contributed by atoms with Gasteiger partial charge in [-0.1, -0.05) is 13.3 Å². The first kappa shape index (κ1) is 11.4. The lowest BCUT2D eigenvalue weighted by Gasteiger charge is -2.45. The van der Waals surface area contributed by atoms with E-state index < -0.39 is 0 Å². The summed E-state index contributed by atoms with van der Waals surface area (Å²) in [5.74, 6) is 0.903. The van der Waals surface area contributed by atoms with E-state index in [0.717, 1.165) is 18.0 Å². The fourth-order valence-corrected chi connectivity index (χ4v) is 3.47. The van der Waals surface area contributed by atoms with Crippen LogP contribution >= 0.6 is 0 Å². The lowest BCUT2D eigenvalue weighted by molar-refractivity contribution is 0.0454. The molecule has 0 aromatic carbocycles. The monoisotopic (exact) mass is 210 g/mol. The summed E-state index contributed by atoms with van der Waals surface area (Å²) in [5, 5.41) is 0. The first-order valence-electron chi connectivity index (χ1n) is 6.59. The molecule has 0 aromatic rings. The van der Waals surface area contributed by atoms with E-state index in [1.165, 1.54) is 45.2 Å². The van der Waals surface area contributed by atoms with Gasteiger partial charge in [-0.25, -0.2) is 0 Å². The van der Waals surface area contributed by atoms with Crippen molar-refractivity contribution < 1.29 is 0 Å². The highest BCUT2D eigenvalue weighted by atomic mass is 15.2. The topological polar surface area (TPSA) is 6.48 Å². The summed E-state index contributed by atoms with van der Waals surface area (Å²) in [7, 11) is 4.64. The molecule has 2 heterocycles. The van der Waals surface area contributed by atoms with E-state index in [4.69, 9.17) is 0 Å². The molecule has 0 N–H and O–H groups in total. The molecular weight excluding hydrogens is 184 g/mol. The molecule has 0 aliphatic carbocycles. The highest BCUT2D eigenvalue weighted by Gasteiger charge is 2.33. The minimum absolute atomic E-state index is 0.825. The molecular formula is C13H26N2. The smallest absolute Gasteiger partial charge is 0.0248 e. The second kappa shape index (κ2) is 4.84. The molecule has 0 spiro atoms. The third kappa shape index (κ3) is 2.54. The summed E-state index contributed by atoms with van der Waals surface area (Å²) < 4.78 is 0. The first-order valence-corrected chi connectivity index (χ1v) is 6.59. The zero-order valence-electron chi connectivity index (χ0n) is 10.6. The van der Waals surface area contributed by atoms with Crippen LogP contribution in [0.5, 0.6) is 0 Å². The van der Waals surface area contributed by atoms with Crippen LogP contribution in [0, 0.1) is 5.92 Å². The largest absolute Gasteiger partial charge is 0.302 e. The molecule has 2 aliphatic heterocycles. The van der Waals surface area contributed by atoms with Crippen molar-refractivity contribution in [1.82, 2.24) is 9.80 Å². The molecule has 2 rings (SSSR count). The number of rotatable bonds is 1. The standard InChI is InChI=1S/C13H26N2/c1-11-7-8-13(15(3)10-11)12-6-4-5-9-14(12)2/h11-13H,4-10H2,1-3H3. The molecule has 15 heavy (non-hydrogen) atoms. The van der Waals surface area contributed by atoms with Gasteiger partial charge in [0.2, 0.25) is 0 Å². The lowest BCUT2D eigenvalue weighted by atomic mass is 9.86. The van der Waals surface area contributed by atoms with Gasteiger partial charge in [-0.15, -0.1) is 0 Å². The van der Waals surface area contributed by atoms with Crippen LogP contribution in [-0.4, -0.2) is 49.1 Å². The van der Waals surface area contributed by atoms with Gasteiger partial charge in [-0.3, -0.25) is 0 Å². The van der Waals surface area contributed by atoms with Crippen molar-refractivity contribution in [3.8, 4) is 0 Å². The average molecular weight is 210 g/mol. The van der Waals surface area contributed by atoms with Gasteiger partial charge in [0, 0.05) is 18.6 Å².